The van der Waals surface area contributed by atoms with Crippen molar-refractivity contribution >= 4 is 31.6 Å². The van der Waals surface area contributed by atoms with Crippen molar-refractivity contribution in [3.05, 3.63) is 16.6 Å². The highest BCUT2D eigenvalue weighted by atomic mass is 79.9. The minimum absolute atomic E-state index is 0.0472. The van der Waals surface area contributed by atoms with Gasteiger partial charge in [-0.1, -0.05) is 6.92 Å². The molecule has 0 amide bonds. The average Bonchev–Trinajstić information content (AvgIpc) is 2.31. The van der Waals surface area contributed by atoms with Gasteiger partial charge in [-0.25, -0.2) is 13.1 Å². The zero-order chi connectivity index (χ0) is 13.9. The van der Waals surface area contributed by atoms with Gasteiger partial charge in [-0.2, -0.15) is 0 Å². The fourth-order valence-corrected chi connectivity index (χ4v) is 3.17. The van der Waals surface area contributed by atoms with E-state index in [9.17, 15) is 8.42 Å². The van der Waals surface area contributed by atoms with Gasteiger partial charge in [0.1, 0.15) is 10.6 Å². The summed E-state index contributed by atoms with van der Waals surface area (Å²) in [6, 6.07) is 2.78. The highest BCUT2D eigenvalue weighted by molar-refractivity contribution is 9.10. The van der Waals surface area contributed by atoms with Crippen molar-refractivity contribution in [2.24, 2.45) is 0 Å². The van der Waals surface area contributed by atoms with Crippen molar-refractivity contribution in [1.29, 1.82) is 0 Å². The van der Waals surface area contributed by atoms with E-state index in [1.165, 1.54) is 13.2 Å². The number of ether oxygens (including phenoxy) is 1. The summed E-state index contributed by atoms with van der Waals surface area (Å²) in [6.45, 7) is 3.70. The molecule has 1 aromatic carbocycles. The molecule has 0 aromatic heterocycles. The van der Waals surface area contributed by atoms with Crippen LogP contribution in [-0.4, -0.2) is 21.6 Å². The second-order valence-corrected chi connectivity index (χ2v) is 6.49. The first-order valence-electron chi connectivity index (χ1n) is 5.47. The summed E-state index contributed by atoms with van der Waals surface area (Å²) in [4.78, 5) is 0.0472. The number of hydrogen-bond acceptors (Lipinski definition) is 4. The molecule has 0 aliphatic rings. The SMILES string of the molecule is CCC(C)NS(=O)(=O)c1cc(N)c(Br)cc1OC. The summed E-state index contributed by atoms with van der Waals surface area (Å²) < 4.78 is 32.6. The Kier molecular flexibility index (Phi) is 5.01. The molecular weight excluding hydrogens is 320 g/mol. The Morgan fingerprint density at radius 3 is 2.61 bits per heavy atom. The molecule has 1 unspecified atom stereocenters. The lowest BCUT2D eigenvalue weighted by molar-refractivity contribution is 0.402. The lowest BCUT2D eigenvalue weighted by Gasteiger charge is -2.15. The molecule has 1 atom stereocenters. The number of rotatable bonds is 5. The molecule has 0 saturated heterocycles. The van der Waals surface area contributed by atoms with Crippen molar-refractivity contribution < 1.29 is 13.2 Å². The van der Waals surface area contributed by atoms with E-state index in [-0.39, 0.29) is 16.7 Å². The maximum absolute atomic E-state index is 12.2. The van der Waals surface area contributed by atoms with Crippen LogP contribution in [-0.2, 0) is 10.0 Å². The van der Waals surface area contributed by atoms with Crippen LogP contribution in [0.25, 0.3) is 0 Å². The highest BCUT2D eigenvalue weighted by Crippen LogP contribution is 2.32. The molecule has 1 rings (SSSR count). The molecule has 1 aromatic rings. The molecule has 102 valence electrons. The monoisotopic (exact) mass is 336 g/mol. The fourth-order valence-electron chi connectivity index (χ4n) is 1.33. The molecule has 0 bridgehead atoms. The average molecular weight is 337 g/mol. The van der Waals surface area contributed by atoms with Crippen LogP contribution in [0, 0.1) is 0 Å². The van der Waals surface area contributed by atoms with E-state index in [1.54, 1.807) is 13.0 Å². The molecule has 0 radical (unpaired) electrons. The highest BCUT2D eigenvalue weighted by Gasteiger charge is 2.22. The molecule has 7 heteroatoms. The van der Waals surface area contributed by atoms with Crippen LogP contribution in [0.1, 0.15) is 20.3 Å². The van der Waals surface area contributed by atoms with E-state index >= 15 is 0 Å². The molecule has 5 nitrogen and oxygen atoms in total. The number of halogens is 1. The minimum Gasteiger partial charge on any atom is -0.495 e. The van der Waals surface area contributed by atoms with Gasteiger partial charge in [-0.15, -0.1) is 0 Å². The van der Waals surface area contributed by atoms with Gasteiger partial charge < -0.3 is 10.5 Å². The molecular formula is C11H17BrN2O3S. The maximum Gasteiger partial charge on any atom is 0.244 e. The van der Waals surface area contributed by atoms with Gasteiger partial charge in [-0.05, 0) is 41.4 Å². The molecule has 18 heavy (non-hydrogen) atoms. The van der Waals surface area contributed by atoms with Crippen LogP contribution in [0.15, 0.2) is 21.5 Å². The minimum atomic E-state index is -3.63. The third-order valence-corrected chi connectivity index (χ3v) is 4.84. The molecule has 0 heterocycles. The van der Waals surface area contributed by atoms with Crippen LogP contribution in [0.2, 0.25) is 0 Å². The van der Waals surface area contributed by atoms with E-state index in [0.717, 1.165) is 0 Å². The third kappa shape index (κ3) is 3.37. The van der Waals surface area contributed by atoms with Crippen molar-refractivity contribution in [3.63, 3.8) is 0 Å². The van der Waals surface area contributed by atoms with Gasteiger partial charge in [-0.3, -0.25) is 0 Å². The summed E-state index contributed by atoms with van der Waals surface area (Å²) in [5, 5.41) is 0. The summed E-state index contributed by atoms with van der Waals surface area (Å²) >= 11 is 3.23. The van der Waals surface area contributed by atoms with E-state index < -0.39 is 10.0 Å². The van der Waals surface area contributed by atoms with Gasteiger partial charge in [0.25, 0.3) is 0 Å². The van der Waals surface area contributed by atoms with E-state index in [4.69, 9.17) is 10.5 Å². The van der Waals surface area contributed by atoms with Crippen LogP contribution >= 0.6 is 15.9 Å². The quantitative estimate of drug-likeness (QED) is 0.807. The zero-order valence-electron chi connectivity index (χ0n) is 10.5. The summed E-state index contributed by atoms with van der Waals surface area (Å²) in [5.41, 5.74) is 6.06. The van der Waals surface area contributed by atoms with Crippen molar-refractivity contribution in [1.82, 2.24) is 4.72 Å². The first kappa shape index (κ1) is 15.3. The summed E-state index contributed by atoms with van der Waals surface area (Å²) in [5.74, 6) is 0.256. The van der Waals surface area contributed by atoms with Crippen LogP contribution < -0.4 is 15.2 Å². The van der Waals surface area contributed by atoms with Crippen molar-refractivity contribution in [2.75, 3.05) is 12.8 Å². The molecule has 3 N–H and O–H groups in total. The predicted octanol–water partition coefficient (Wildman–Crippen LogP) is 2.12. The van der Waals surface area contributed by atoms with E-state index in [2.05, 4.69) is 20.7 Å². The van der Waals surface area contributed by atoms with Crippen LogP contribution in [0.5, 0.6) is 5.75 Å². The molecule has 0 saturated carbocycles. The largest absolute Gasteiger partial charge is 0.495 e. The van der Waals surface area contributed by atoms with Gasteiger partial charge in [0.15, 0.2) is 0 Å². The third-order valence-electron chi connectivity index (χ3n) is 2.54. The standard InChI is InChI=1S/C11H17BrN2O3S/c1-4-7(2)14-18(15,16)11-6-9(13)8(12)5-10(11)17-3/h5-7,14H,4,13H2,1-3H3. The Bertz CT molecular complexity index is 531. The smallest absolute Gasteiger partial charge is 0.244 e. The molecule has 0 fully saturated rings. The molecule has 0 spiro atoms. The number of sulfonamides is 1. The van der Waals surface area contributed by atoms with Gasteiger partial charge in [0, 0.05) is 16.2 Å². The molecule has 0 aliphatic carbocycles. The van der Waals surface area contributed by atoms with Crippen molar-refractivity contribution in [3.8, 4) is 5.75 Å². The van der Waals surface area contributed by atoms with E-state index in [1.807, 2.05) is 6.92 Å². The van der Waals surface area contributed by atoms with E-state index in [0.29, 0.717) is 16.6 Å². The van der Waals surface area contributed by atoms with Crippen LogP contribution in [0.3, 0.4) is 0 Å². The van der Waals surface area contributed by atoms with Gasteiger partial charge in [0.2, 0.25) is 10.0 Å². The Morgan fingerprint density at radius 1 is 1.50 bits per heavy atom. The number of nitrogens with two attached hydrogens (primary N) is 1. The first-order valence-corrected chi connectivity index (χ1v) is 7.74. The summed E-state index contributed by atoms with van der Waals surface area (Å²) in [7, 11) is -2.21. The van der Waals surface area contributed by atoms with Crippen molar-refractivity contribution in [2.45, 2.75) is 31.2 Å². The van der Waals surface area contributed by atoms with Gasteiger partial charge >= 0.3 is 0 Å². The number of methoxy groups -OCH3 is 1. The zero-order valence-corrected chi connectivity index (χ0v) is 12.9. The number of nitrogens with one attached hydrogen (secondary N) is 1. The Hall–Kier alpha value is -0.790. The number of hydrogen-bond donors (Lipinski definition) is 2. The topological polar surface area (TPSA) is 81.4 Å². The Labute approximate surface area is 116 Å². The lowest BCUT2D eigenvalue weighted by Crippen LogP contribution is -2.32. The second-order valence-electron chi connectivity index (χ2n) is 3.96. The molecule has 0 aliphatic heterocycles. The number of anilines is 1. The normalized spacial score (nSPS) is 13.3. The second kappa shape index (κ2) is 5.90. The maximum atomic E-state index is 12.2. The van der Waals surface area contributed by atoms with Crippen LogP contribution in [0.4, 0.5) is 5.69 Å². The Balaban J connectivity index is 3.27. The predicted molar refractivity (Wildman–Crippen MR) is 75.2 cm³/mol. The Morgan fingerprint density at radius 2 is 2.11 bits per heavy atom. The van der Waals surface area contributed by atoms with Gasteiger partial charge in [0.05, 0.1) is 7.11 Å². The lowest BCUT2D eigenvalue weighted by atomic mass is 10.3. The first-order chi connectivity index (χ1) is 8.31. The number of nitrogen functional groups attached to an aromatic ring is 1. The number of benzene rings is 1. The fraction of sp³-hybridized carbons (Fsp3) is 0.455. The summed E-state index contributed by atoms with van der Waals surface area (Å²) in [6.07, 6.45) is 0.702.